The molecule has 0 fully saturated rings. The van der Waals surface area contributed by atoms with Gasteiger partial charge in [-0.1, -0.05) is 0 Å². The SMILES string of the molecule is COc1ccc(NC(=O)c2ccncc2F)c(C(=O)O)c1. The maximum absolute atomic E-state index is 13.5. The fraction of sp³-hybridized carbons (Fsp3) is 0.0714. The van der Waals surface area contributed by atoms with Gasteiger partial charge in [-0.15, -0.1) is 0 Å². The number of carboxylic acid groups (broad SMARTS) is 1. The molecule has 21 heavy (non-hydrogen) atoms. The van der Waals surface area contributed by atoms with Crippen LogP contribution in [0.3, 0.4) is 0 Å². The van der Waals surface area contributed by atoms with Gasteiger partial charge in [0, 0.05) is 6.20 Å². The fourth-order valence-corrected chi connectivity index (χ4v) is 1.69. The second-order valence-corrected chi connectivity index (χ2v) is 4.03. The highest BCUT2D eigenvalue weighted by Gasteiger charge is 2.16. The van der Waals surface area contributed by atoms with Crippen molar-refractivity contribution in [3.8, 4) is 5.75 Å². The molecular weight excluding hydrogens is 279 g/mol. The number of amides is 1. The van der Waals surface area contributed by atoms with E-state index >= 15 is 0 Å². The third-order valence-corrected chi connectivity index (χ3v) is 2.72. The van der Waals surface area contributed by atoms with Crippen LogP contribution in [-0.4, -0.2) is 29.1 Å². The van der Waals surface area contributed by atoms with E-state index in [4.69, 9.17) is 9.84 Å². The van der Waals surface area contributed by atoms with Crippen LogP contribution in [0.2, 0.25) is 0 Å². The van der Waals surface area contributed by atoms with E-state index in [-0.39, 0.29) is 16.8 Å². The molecule has 108 valence electrons. The molecule has 0 radical (unpaired) electrons. The highest BCUT2D eigenvalue weighted by Crippen LogP contribution is 2.23. The summed E-state index contributed by atoms with van der Waals surface area (Å²) in [6, 6.07) is 5.33. The van der Waals surface area contributed by atoms with Crippen molar-refractivity contribution in [3.05, 3.63) is 53.6 Å². The maximum atomic E-state index is 13.5. The van der Waals surface area contributed by atoms with Crippen LogP contribution in [0.25, 0.3) is 0 Å². The number of halogens is 1. The van der Waals surface area contributed by atoms with Gasteiger partial charge in [-0.05, 0) is 24.3 Å². The molecule has 0 aliphatic rings. The third kappa shape index (κ3) is 3.14. The molecule has 2 rings (SSSR count). The predicted molar refractivity (Wildman–Crippen MR) is 72.1 cm³/mol. The van der Waals surface area contributed by atoms with Gasteiger partial charge in [0.05, 0.1) is 30.1 Å². The molecule has 6 nitrogen and oxygen atoms in total. The quantitative estimate of drug-likeness (QED) is 0.901. The Balaban J connectivity index is 2.33. The molecular formula is C14H11FN2O4. The number of aromatic nitrogens is 1. The standard InChI is InChI=1S/C14H11FN2O4/c1-21-8-2-3-12(10(6-8)14(19)20)17-13(18)9-4-5-16-7-11(9)15/h2-7H,1H3,(H,17,18)(H,19,20). The zero-order chi connectivity index (χ0) is 15.4. The Morgan fingerprint density at radius 3 is 2.67 bits per heavy atom. The number of carbonyl (C=O) groups excluding carboxylic acids is 1. The van der Waals surface area contributed by atoms with Crippen molar-refractivity contribution in [2.45, 2.75) is 0 Å². The number of pyridine rings is 1. The topological polar surface area (TPSA) is 88.5 Å². The van der Waals surface area contributed by atoms with Crippen LogP contribution in [0.5, 0.6) is 5.75 Å². The van der Waals surface area contributed by atoms with Crippen molar-refractivity contribution in [3.63, 3.8) is 0 Å². The van der Waals surface area contributed by atoms with E-state index in [0.717, 1.165) is 6.20 Å². The number of anilines is 1. The summed E-state index contributed by atoms with van der Waals surface area (Å²) in [5.74, 6) is -2.46. The largest absolute Gasteiger partial charge is 0.497 e. The summed E-state index contributed by atoms with van der Waals surface area (Å²) in [4.78, 5) is 26.7. The van der Waals surface area contributed by atoms with Gasteiger partial charge < -0.3 is 15.2 Å². The van der Waals surface area contributed by atoms with E-state index in [0.29, 0.717) is 5.75 Å². The number of ether oxygens (including phenoxy) is 1. The zero-order valence-electron chi connectivity index (χ0n) is 11.0. The summed E-state index contributed by atoms with van der Waals surface area (Å²) in [6.45, 7) is 0. The Hall–Kier alpha value is -2.96. The zero-order valence-corrected chi connectivity index (χ0v) is 11.0. The second-order valence-electron chi connectivity index (χ2n) is 4.03. The molecule has 2 aromatic rings. The summed E-state index contributed by atoms with van der Waals surface area (Å²) in [5.41, 5.74) is -0.334. The van der Waals surface area contributed by atoms with Crippen LogP contribution in [-0.2, 0) is 0 Å². The van der Waals surface area contributed by atoms with Crippen LogP contribution >= 0.6 is 0 Å². The average Bonchev–Trinajstić information content (AvgIpc) is 2.47. The number of methoxy groups -OCH3 is 1. The number of nitrogens with one attached hydrogen (secondary N) is 1. The lowest BCUT2D eigenvalue weighted by molar-refractivity contribution is 0.0697. The Bertz CT molecular complexity index is 703. The van der Waals surface area contributed by atoms with Gasteiger partial charge in [0.2, 0.25) is 0 Å². The van der Waals surface area contributed by atoms with Crippen molar-refractivity contribution in [2.24, 2.45) is 0 Å². The Morgan fingerprint density at radius 2 is 2.05 bits per heavy atom. The molecule has 0 unspecified atom stereocenters. The van der Waals surface area contributed by atoms with E-state index in [1.165, 1.54) is 37.6 Å². The first-order chi connectivity index (χ1) is 10.0. The van der Waals surface area contributed by atoms with E-state index in [2.05, 4.69) is 10.3 Å². The number of aromatic carboxylic acids is 1. The number of hydrogen-bond donors (Lipinski definition) is 2. The molecule has 7 heteroatoms. The molecule has 1 aromatic heterocycles. The van der Waals surface area contributed by atoms with Gasteiger partial charge in [0.15, 0.2) is 5.82 Å². The van der Waals surface area contributed by atoms with Crippen molar-refractivity contribution in [1.29, 1.82) is 0 Å². The summed E-state index contributed by atoms with van der Waals surface area (Å²) in [6.07, 6.45) is 2.17. The Kier molecular flexibility index (Phi) is 4.13. The minimum Gasteiger partial charge on any atom is -0.497 e. The molecule has 0 saturated carbocycles. The maximum Gasteiger partial charge on any atom is 0.337 e. The number of carboxylic acids is 1. The lowest BCUT2D eigenvalue weighted by Crippen LogP contribution is -2.16. The molecule has 0 spiro atoms. The molecule has 1 amide bonds. The predicted octanol–water partition coefficient (Wildman–Crippen LogP) is 2.18. The van der Waals surface area contributed by atoms with Crippen molar-refractivity contribution < 1.29 is 23.8 Å². The summed E-state index contributed by atoms with van der Waals surface area (Å²) in [5, 5.41) is 11.5. The summed E-state index contributed by atoms with van der Waals surface area (Å²) >= 11 is 0. The highest BCUT2D eigenvalue weighted by atomic mass is 19.1. The first-order valence-corrected chi connectivity index (χ1v) is 5.85. The van der Waals surface area contributed by atoms with Crippen LogP contribution in [0.15, 0.2) is 36.7 Å². The van der Waals surface area contributed by atoms with E-state index in [1.54, 1.807) is 0 Å². The van der Waals surface area contributed by atoms with Crippen molar-refractivity contribution >= 4 is 17.6 Å². The first-order valence-electron chi connectivity index (χ1n) is 5.85. The van der Waals surface area contributed by atoms with Gasteiger partial charge in [0.25, 0.3) is 5.91 Å². The number of benzene rings is 1. The Labute approximate surface area is 119 Å². The van der Waals surface area contributed by atoms with E-state index in [9.17, 15) is 14.0 Å². The van der Waals surface area contributed by atoms with Gasteiger partial charge in [-0.3, -0.25) is 9.78 Å². The Morgan fingerprint density at radius 1 is 1.29 bits per heavy atom. The van der Waals surface area contributed by atoms with E-state index < -0.39 is 17.7 Å². The summed E-state index contributed by atoms with van der Waals surface area (Å²) < 4.78 is 18.4. The average molecular weight is 290 g/mol. The lowest BCUT2D eigenvalue weighted by atomic mass is 10.1. The summed E-state index contributed by atoms with van der Waals surface area (Å²) in [7, 11) is 1.39. The van der Waals surface area contributed by atoms with Crippen molar-refractivity contribution in [1.82, 2.24) is 4.98 Å². The minimum absolute atomic E-state index is 0.0458. The van der Waals surface area contributed by atoms with Crippen LogP contribution in [0, 0.1) is 5.82 Å². The van der Waals surface area contributed by atoms with Crippen molar-refractivity contribution in [2.75, 3.05) is 12.4 Å². The molecule has 0 saturated heterocycles. The molecule has 0 bridgehead atoms. The van der Waals surface area contributed by atoms with Gasteiger partial charge in [-0.2, -0.15) is 0 Å². The number of rotatable bonds is 4. The molecule has 0 aliphatic heterocycles. The highest BCUT2D eigenvalue weighted by molar-refractivity contribution is 6.07. The van der Waals surface area contributed by atoms with Gasteiger partial charge in [0.1, 0.15) is 5.75 Å². The fourth-order valence-electron chi connectivity index (χ4n) is 1.69. The van der Waals surface area contributed by atoms with Crippen LogP contribution < -0.4 is 10.1 Å². The third-order valence-electron chi connectivity index (χ3n) is 2.72. The second kappa shape index (κ2) is 6.00. The number of hydrogen-bond acceptors (Lipinski definition) is 4. The van der Waals surface area contributed by atoms with Gasteiger partial charge in [-0.25, -0.2) is 9.18 Å². The lowest BCUT2D eigenvalue weighted by Gasteiger charge is -2.10. The van der Waals surface area contributed by atoms with Crippen LogP contribution in [0.4, 0.5) is 10.1 Å². The molecule has 1 heterocycles. The van der Waals surface area contributed by atoms with Crippen LogP contribution in [0.1, 0.15) is 20.7 Å². The molecule has 0 atom stereocenters. The number of carbonyl (C=O) groups is 2. The molecule has 1 aromatic carbocycles. The van der Waals surface area contributed by atoms with Gasteiger partial charge >= 0.3 is 5.97 Å². The molecule has 0 aliphatic carbocycles. The monoisotopic (exact) mass is 290 g/mol. The number of nitrogens with zero attached hydrogens (tertiary/aromatic N) is 1. The smallest absolute Gasteiger partial charge is 0.337 e. The first kappa shape index (κ1) is 14.4. The molecule has 2 N–H and O–H groups in total. The van der Waals surface area contributed by atoms with E-state index in [1.807, 2.05) is 0 Å². The normalized spacial score (nSPS) is 10.0. The minimum atomic E-state index is -1.24.